The molecule has 128 valence electrons. The van der Waals surface area contributed by atoms with E-state index in [4.69, 9.17) is 5.73 Å². The highest BCUT2D eigenvalue weighted by molar-refractivity contribution is 5.95. The van der Waals surface area contributed by atoms with Crippen LogP contribution in [0.25, 0.3) is 0 Å². The quantitative estimate of drug-likeness (QED) is 0.693. The van der Waals surface area contributed by atoms with E-state index in [2.05, 4.69) is 5.32 Å². The van der Waals surface area contributed by atoms with Crippen LogP contribution in [0, 0.1) is 0 Å². The second kappa shape index (κ2) is 9.17. The first-order chi connectivity index (χ1) is 11.7. The summed E-state index contributed by atoms with van der Waals surface area (Å²) < 4.78 is 0. The zero-order chi connectivity index (χ0) is 17.4. The molecule has 2 rings (SSSR count). The highest BCUT2D eigenvalue weighted by Gasteiger charge is 2.21. The third kappa shape index (κ3) is 4.89. The van der Waals surface area contributed by atoms with Gasteiger partial charge in [-0.05, 0) is 24.1 Å². The van der Waals surface area contributed by atoms with Crippen LogP contribution < -0.4 is 11.1 Å². The lowest BCUT2D eigenvalue weighted by molar-refractivity contribution is -0.121. The van der Waals surface area contributed by atoms with Gasteiger partial charge < -0.3 is 16.2 Å². The number of aliphatic hydroxyl groups excluding tert-OH is 1. The summed E-state index contributed by atoms with van der Waals surface area (Å²) in [5.74, 6) is -0.111. The van der Waals surface area contributed by atoms with Crippen LogP contribution in [0.4, 0.5) is 5.69 Å². The van der Waals surface area contributed by atoms with Gasteiger partial charge in [-0.1, -0.05) is 48.5 Å². The molecule has 0 spiro atoms. The zero-order valence-corrected chi connectivity index (χ0v) is 14.0. The molecule has 5 nitrogen and oxygen atoms in total. The number of nitrogens with one attached hydrogen (secondary N) is 1. The van der Waals surface area contributed by atoms with Gasteiger partial charge in [-0.25, -0.2) is 0 Å². The molecule has 0 aromatic heterocycles. The largest absolute Gasteiger partial charge is 0.395 e. The van der Waals surface area contributed by atoms with E-state index in [1.54, 1.807) is 0 Å². The smallest absolute Gasteiger partial charge is 0.241 e. The van der Waals surface area contributed by atoms with Crippen LogP contribution in [0.3, 0.4) is 0 Å². The molecule has 4 N–H and O–H groups in total. The molecule has 0 heterocycles. The maximum Gasteiger partial charge on any atom is 0.241 e. The number of benzene rings is 2. The van der Waals surface area contributed by atoms with Crippen molar-refractivity contribution < 1.29 is 9.90 Å². The minimum absolute atomic E-state index is 0.00381. The lowest BCUT2D eigenvalue weighted by Crippen LogP contribution is -2.43. The summed E-state index contributed by atoms with van der Waals surface area (Å²) in [7, 11) is 0. The molecule has 0 aliphatic rings. The highest BCUT2D eigenvalue weighted by Crippen LogP contribution is 2.16. The number of nitrogens with two attached hydrogens (primary N) is 1. The summed E-state index contributed by atoms with van der Waals surface area (Å²) in [6.07, 6.45) is 0. The standard InChI is InChI=1S/C19H25N3O2/c1-15(19(24)21-18-10-6-5-9-17(18)13-20)22(11-12-23)14-16-7-3-2-4-8-16/h2-10,15,23H,11-14,20H2,1H3,(H,21,24). The number of hydrogen-bond acceptors (Lipinski definition) is 4. The van der Waals surface area contributed by atoms with E-state index in [0.717, 1.165) is 16.8 Å². The second-order valence-electron chi connectivity index (χ2n) is 5.71. The van der Waals surface area contributed by atoms with E-state index >= 15 is 0 Å². The van der Waals surface area contributed by atoms with Crippen LogP contribution in [-0.2, 0) is 17.9 Å². The number of carbonyl (C=O) groups excluding carboxylic acids is 1. The molecule has 1 unspecified atom stereocenters. The summed E-state index contributed by atoms with van der Waals surface area (Å²) >= 11 is 0. The molecule has 0 fully saturated rings. The van der Waals surface area contributed by atoms with E-state index in [9.17, 15) is 9.90 Å². The number of carbonyl (C=O) groups is 1. The maximum atomic E-state index is 12.6. The van der Waals surface area contributed by atoms with Crippen LogP contribution in [0.2, 0.25) is 0 Å². The predicted octanol–water partition coefficient (Wildman–Crippen LogP) is 1.97. The molecule has 24 heavy (non-hydrogen) atoms. The molecule has 1 amide bonds. The third-order valence-corrected chi connectivity index (χ3v) is 4.04. The van der Waals surface area contributed by atoms with Gasteiger partial charge in [-0.3, -0.25) is 9.69 Å². The summed E-state index contributed by atoms with van der Waals surface area (Å²) in [4.78, 5) is 14.6. The molecule has 2 aromatic rings. The van der Waals surface area contributed by atoms with Gasteiger partial charge in [0.05, 0.1) is 12.6 Å². The molecular formula is C19H25N3O2. The van der Waals surface area contributed by atoms with Crippen molar-refractivity contribution in [3.8, 4) is 0 Å². The number of nitrogens with zero attached hydrogens (tertiary/aromatic N) is 1. The average molecular weight is 327 g/mol. The van der Waals surface area contributed by atoms with Gasteiger partial charge in [0.25, 0.3) is 0 Å². The maximum absolute atomic E-state index is 12.6. The first kappa shape index (κ1) is 18.1. The normalized spacial score (nSPS) is 12.2. The molecule has 0 saturated heterocycles. The minimum atomic E-state index is -0.372. The number of hydrogen-bond donors (Lipinski definition) is 3. The Morgan fingerprint density at radius 2 is 1.83 bits per heavy atom. The lowest BCUT2D eigenvalue weighted by atomic mass is 10.1. The molecule has 5 heteroatoms. The van der Waals surface area contributed by atoms with Crippen molar-refractivity contribution in [1.29, 1.82) is 0 Å². The van der Waals surface area contributed by atoms with E-state index in [-0.39, 0.29) is 18.6 Å². The van der Waals surface area contributed by atoms with Gasteiger partial charge in [-0.2, -0.15) is 0 Å². The molecule has 0 aliphatic carbocycles. The van der Waals surface area contributed by atoms with Crippen molar-refractivity contribution in [2.75, 3.05) is 18.5 Å². The monoisotopic (exact) mass is 327 g/mol. The van der Waals surface area contributed by atoms with E-state index in [1.807, 2.05) is 66.4 Å². The first-order valence-corrected chi connectivity index (χ1v) is 8.13. The van der Waals surface area contributed by atoms with Gasteiger partial charge >= 0.3 is 0 Å². The summed E-state index contributed by atoms with van der Waals surface area (Å²) in [6, 6.07) is 17.1. The molecule has 1 atom stereocenters. The fraction of sp³-hybridized carbons (Fsp3) is 0.316. The van der Waals surface area contributed by atoms with E-state index in [0.29, 0.717) is 19.6 Å². The molecule has 0 aliphatic heterocycles. The Bertz CT molecular complexity index is 646. The van der Waals surface area contributed by atoms with Gasteiger partial charge in [0, 0.05) is 25.3 Å². The van der Waals surface area contributed by atoms with Crippen LogP contribution in [0.5, 0.6) is 0 Å². The van der Waals surface area contributed by atoms with Crippen LogP contribution in [-0.4, -0.2) is 35.1 Å². The predicted molar refractivity (Wildman–Crippen MR) is 96.4 cm³/mol. The Kier molecular flexibility index (Phi) is 6.93. The third-order valence-electron chi connectivity index (χ3n) is 4.04. The Morgan fingerprint density at radius 3 is 2.50 bits per heavy atom. The molecular weight excluding hydrogens is 302 g/mol. The Labute approximate surface area is 143 Å². The molecule has 0 saturated carbocycles. The van der Waals surface area contributed by atoms with Crippen molar-refractivity contribution in [1.82, 2.24) is 4.90 Å². The molecule has 0 radical (unpaired) electrons. The Hall–Kier alpha value is -2.21. The average Bonchev–Trinajstić information content (AvgIpc) is 2.62. The first-order valence-electron chi connectivity index (χ1n) is 8.13. The number of aliphatic hydroxyl groups is 1. The van der Waals surface area contributed by atoms with Crippen molar-refractivity contribution in [2.45, 2.75) is 26.1 Å². The van der Waals surface area contributed by atoms with Crippen molar-refractivity contribution in [2.24, 2.45) is 5.73 Å². The Balaban J connectivity index is 2.07. The van der Waals surface area contributed by atoms with Gasteiger partial charge in [0.2, 0.25) is 5.91 Å². The molecule has 0 bridgehead atoms. The van der Waals surface area contributed by atoms with E-state index in [1.165, 1.54) is 0 Å². The summed E-state index contributed by atoms with van der Waals surface area (Å²) in [5, 5.41) is 12.3. The number of anilines is 1. The molecule has 2 aromatic carbocycles. The zero-order valence-electron chi connectivity index (χ0n) is 14.0. The fourth-order valence-electron chi connectivity index (χ4n) is 2.58. The van der Waals surface area contributed by atoms with Crippen LogP contribution in [0.1, 0.15) is 18.1 Å². The van der Waals surface area contributed by atoms with Crippen molar-refractivity contribution in [3.63, 3.8) is 0 Å². The van der Waals surface area contributed by atoms with E-state index < -0.39 is 0 Å². The van der Waals surface area contributed by atoms with Crippen molar-refractivity contribution in [3.05, 3.63) is 65.7 Å². The topological polar surface area (TPSA) is 78.6 Å². The van der Waals surface area contributed by atoms with Crippen LogP contribution in [0.15, 0.2) is 54.6 Å². The number of amides is 1. The van der Waals surface area contributed by atoms with Gasteiger partial charge in [0.15, 0.2) is 0 Å². The van der Waals surface area contributed by atoms with Gasteiger partial charge in [-0.15, -0.1) is 0 Å². The fourth-order valence-corrected chi connectivity index (χ4v) is 2.58. The SMILES string of the molecule is CC(C(=O)Nc1ccccc1CN)N(CCO)Cc1ccccc1. The van der Waals surface area contributed by atoms with Gasteiger partial charge in [0.1, 0.15) is 0 Å². The van der Waals surface area contributed by atoms with Crippen LogP contribution >= 0.6 is 0 Å². The number of para-hydroxylation sites is 1. The summed E-state index contributed by atoms with van der Waals surface area (Å²) in [6.45, 7) is 3.26. The summed E-state index contributed by atoms with van der Waals surface area (Å²) in [5.41, 5.74) is 8.46. The van der Waals surface area contributed by atoms with Crippen molar-refractivity contribution >= 4 is 11.6 Å². The lowest BCUT2D eigenvalue weighted by Gasteiger charge is -2.28. The Morgan fingerprint density at radius 1 is 1.17 bits per heavy atom. The highest BCUT2D eigenvalue weighted by atomic mass is 16.3. The minimum Gasteiger partial charge on any atom is -0.395 e. The second-order valence-corrected chi connectivity index (χ2v) is 5.71. The number of rotatable bonds is 8.